The highest BCUT2D eigenvalue weighted by molar-refractivity contribution is 5.69. The molecule has 0 aliphatic rings. The number of hydrogen-bond acceptors (Lipinski definition) is 4. The maximum Gasteiger partial charge on any atom is 0.305 e. The maximum atomic E-state index is 11.5. The molecule has 0 aliphatic carbocycles. The molecule has 1 rings (SSSR count). The number of allylic oxidation sites excluding steroid dienone is 1. The molecule has 0 radical (unpaired) electrons. The van der Waals surface area contributed by atoms with Crippen molar-refractivity contribution >= 4 is 18.0 Å². The van der Waals surface area contributed by atoms with Gasteiger partial charge in [0, 0.05) is 12.8 Å². The minimum absolute atomic E-state index is 0.150. The molecule has 0 heterocycles. The summed E-state index contributed by atoms with van der Waals surface area (Å²) >= 11 is 0. The van der Waals surface area contributed by atoms with Crippen LogP contribution in [0.15, 0.2) is 35.9 Å². The average Bonchev–Trinajstić information content (AvgIpc) is 2.56. The second-order valence-electron chi connectivity index (χ2n) is 5.53. The van der Waals surface area contributed by atoms with Crippen molar-refractivity contribution in [2.24, 2.45) is 0 Å². The zero-order valence-electron chi connectivity index (χ0n) is 14.8. The summed E-state index contributed by atoms with van der Waals surface area (Å²) in [6.07, 6.45) is 6.19. The molecule has 0 N–H and O–H groups in total. The standard InChI is InChI=1S/C20H28O4/c1-3-23-19(21)14-8-12-18(13-9-15-20(22)24-4-2)16-17-10-6-5-7-11-17/h5-7,10-11,16H,3-4,8-9,12-15H2,1-2H3. The van der Waals surface area contributed by atoms with E-state index in [4.69, 9.17) is 9.47 Å². The van der Waals surface area contributed by atoms with Gasteiger partial charge in [0.15, 0.2) is 0 Å². The van der Waals surface area contributed by atoms with Gasteiger partial charge in [-0.3, -0.25) is 9.59 Å². The summed E-state index contributed by atoms with van der Waals surface area (Å²) < 4.78 is 9.92. The molecular weight excluding hydrogens is 304 g/mol. The SMILES string of the molecule is CCOC(=O)CCCC(=Cc1ccccc1)CCCC(=O)OCC. The highest BCUT2D eigenvalue weighted by atomic mass is 16.5. The third-order valence-corrected chi connectivity index (χ3v) is 3.54. The van der Waals surface area contributed by atoms with Gasteiger partial charge in [0.1, 0.15) is 0 Å². The van der Waals surface area contributed by atoms with E-state index < -0.39 is 0 Å². The van der Waals surface area contributed by atoms with E-state index in [9.17, 15) is 9.59 Å². The third kappa shape index (κ3) is 9.13. The quantitative estimate of drug-likeness (QED) is 0.558. The van der Waals surface area contributed by atoms with Crippen molar-refractivity contribution in [2.45, 2.75) is 52.4 Å². The Morgan fingerprint density at radius 3 is 1.79 bits per heavy atom. The normalized spacial score (nSPS) is 10.1. The molecule has 1 aromatic rings. The van der Waals surface area contributed by atoms with Crippen LogP contribution in [-0.4, -0.2) is 25.2 Å². The second-order valence-corrected chi connectivity index (χ2v) is 5.53. The van der Waals surface area contributed by atoms with Gasteiger partial charge in [-0.25, -0.2) is 0 Å². The second kappa shape index (κ2) is 12.3. The Morgan fingerprint density at radius 2 is 1.33 bits per heavy atom. The van der Waals surface area contributed by atoms with Crippen molar-refractivity contribution in [3.05, 3.63) is 41.5 Å². The van der Waals surface area contributed by atoms with E-state index in [1.54, 1.807) is 0 Å². The van der Waals surface area contributed by atoms with Crippen molar-refractivity contribution in [3.8, 4) is 0 Å². The van der Waals surface area contributed by atoms with Gasteiger partial charge in [0.05, 0.1) is 13.2 Å². The fourth-order valence-electron chi connectivity index (χ4n) is 2.44. The Morgan fingerprint density at radius 1 is 0.833 bits per heavy atom. The number of benzene rings is 1. The predicted molar refractivity (Wildman–Crippen MR) is 95.4 cm³/mol. The van der Waals surface area contributed by atoms with Crippen LogP contribution in [0.4, 0.5) is 0 Å². The molecule has 4 heteroatoms. The van der Waals surface area contributed by atoms with Crippen LogP contribution in [0.3, 0.4) is 0 Å². The van der Waals surface area contributed by atoms with Gasteiger partial charge in [-0.05, 0) is 45.1 Å². The summed E-state index contributed by atoms with van der Waals surface area (Å²) in [7, 11) is 0. The lowest BCUT2D eigenvalue weighted by Crippen LogP contribution is -2.04. The zero-order chi connectivity index (χ0) is 17.6. The van der Waals surface area contributed by atoms with E-state index >= 15 is 0 Å². The fourth-order valence-corrected chi connectivity index (χ4v) is 2.44. The first-order valence-electron chi connectivity index (χ1n) is 8.71. The maximum absolute atomic E-state index is 11.5. The van der Waals surface area contributed by atoms with Crippen LogP contribution in [0.5, 0.6) is 0 Å². The van der Waals surface area contributed by atoms with Crippen molar-refractivity contribution in [3.63, 3.8) is 0 Å². The van der Waals surface area contributed by atoms with Crippen molar-refractivity contribution < 1.29 is 19.1 Å². The van der Waals surface area contributed by atoms with E-state index in [-0.39, 0.29) is 11.9 Å². The van der Waals surface area contributed by atoms with Gasteiger partial charge < -0.3 is 9.47 Å². The molecule has 0 aromatic heterocycles. The number of ether oxygens (including phenoxy) is 2. The predicted octanol–water partition coefficient (Wildman–Crippen LogP) is 4.54. The first-order chi connectivity index (χ1) is 11.7. The molecule has 0 amide bonds. The fraction of sp³-hybridized carbons (Fsp3) is 0.500. The molecule has 0 fully saturated rings. The number of esters is 2. The first-order valence-corrected chi connectivity index (χ1v) is 8.71. The Hall–Kier alpha value is -2.10. The summed E-state index contributed by atoms with van der Waals surface area (Å²) in [6.45, 7) is 4.47. The highest BCUT2D eigenvalue weighted by Crippen LogP contribution is 2.19. The minimum Gasteiger partial charge on any atom is -0.466 e. The molecular formula is C20H28O4. The molecule has 0 unspecified atom stereocenters. The lowest BCUT2D eigenvalue weighted by Gasteiger charge is -2.08. The van der Waals surface area contributed by atoms with Crippen LogP contribution >= 0.6 is 0 Å². The smallest absolute Gasteiger partial charge is 0.305 e. The summed E-state index contributed by atoms with van der Waals surface area (Å²) in [6, 6.07) is 10.1. The molecule has 0 aliphatic heterocycles. The molecule has 0 bridgehead atoms. The number of hydrogen-bond donors (Lipinski definition) is 0. The van der Waals surface area contributed by atoms with Crippen molar-refractivity contribution in [1.29, 1.82) is 0 Å². The summed E-state index contributed by atoms with van der Waals surface area (Å²) in [5.74, 6) is -0.300. The van der Waals surface area contributed by atoms with E-state index in [0.29, 0.717) is 26.1 Å². The lowest BCUT2D eigenvalue weighted by atomic mass is 9.99. The van der Waals surface area contributed by atoms with Gasteiger partial charge in [-0.1, -0.05) is 42.0 Å². The molecule has 0 spiro atoms. The van der Waals surface area contributed by atoms with Crippen LogP contribution in [0.2, 0.25) is 0 Å². The number of rotatable bonds is 11. The first kappa shape index (κ1) is 19.9. The molecule has 0 saturated carbocycles. The largest absolute Gasteiger partial charge is 0.466 e. The summed E-state index contributed by atoms with van der Waals surface area (Å²) in [5.41, 5.74) is 2.38. The topological polar surface area (TPSA) is 52.6 Å². The Balaban J connectivity index is 2.54. The van der Waals surface area contributed by atoms with Gasteiger partial charge in [0.25, 0.3) is 0 Å². The van der Waals surface area contributed by atoms with E-state index in [0.717, 1.165) is 31.2 Å². The lowest BCUT2D eigenvalue weighted by molar-refractivity contribution is -0.144. The third-order valence-electron chi connectivity index (χ3n) is 3.54. The van der Waals surface area contributed by atoms with Crippen LogP contribution in [0, 0.1) is 0 Å². The van der Waals surface area contributed by atoms with Crippen LogP contribution in [0.1, 0.15) is 57.9 Å². The monoisotopic (exact) mass is 332 g/mol. The van der Waals surface area contributed by atoms with E-state index in [1.165, 1.54) is 5.57 Å². The zero-order valence-corrected chi connectivity index (χ0v) is 14.8. The van der Waals surface area contributed by atoms with Gasteiger partial charge >= 0.3 is 11.9 Å². The van der Waals surface area contributed by atoms with Gasteiger partial charge in [-0.2, -0.15) is 0 Å². The molecule has 0 atom stereocenters. The Bertz CT molecular complexity index is 494. The average molecular weight is 332 g/mol. The Labute approximate surface area is 144 Å². The summed E-state index contributed by atoms with van der Waals surface area (Å²) in [4.78, 5) is 22.9. The number of carbonyl (C=O) groups is 2. The molecule has 0 saturated heterocycles. The highest BCUT2D eigenvalue weighted by Gasteiger charge is 2.06. The summed E-state index contributed by atoms with van der Waals surface area (Å²) in [5, 5.41) is 0. The van der Waals surface area contributed by atoms with Crippen molar-refractivity contribution in [2.75, 3.05) is 13.2 Å². The van der Waals surface area contributed by atoms with E-state index in [2.05, 4.69) is 18.2 Å². The molecule has 4 nitrogen and oxygen atoms in total. The van der Waals surface area contributed by atoms with Crippen LogP contribution < -0.4 is 0 Å². The Kier molecular flexibility index (Phi) is 10.3. The van der Waals surface area contributed by atoms with Gasteiger partial charge in [0.2, 0.25) is 0 Å². The minimum atomic E-state index is -0.150. The van der Waals surface area contributed by atoms with E-state index in [1.807, 2.05) is 32.0 Å². The van der Waals surface area contributed by atoms with Gasteiger partial charge in [-0.15, -0.1) is 0 Å². The molecule has 24 heavy (non-hydrogen) atoms. The van der Waals surface area contributed by atoms with Crippen molar-refractivity contribution in [1.82, 2.24) is 0 Å². The number of carbonyl (C=O) groups excluding carboxylic acids is 2. The molecule has 1 aromatic carbocycles. The van der Waals surface area contributed by atoms with Crippen LogP contribution in [-0.2, 0) is 19.1 Å². The van der Waals surface area contributed by atoms with Crippen LogP contribution in [0.25, 0.3) is 6.08 Å². The molecule has 132 valence electrons.